The molecule has 0 amide bonds. The second-order valence-electron chi connectivity index (χ2n) is 3.68. The summed E-state index contributed by atoms with van der Waals surface area (Å²) in [4.78, 5) is 0. The van der Waals surface area contributed by atoms with Crippen molar-refractivity contribution < 1.29 is 13.0 Å². The first-order valence-electron chi connectivity index (χ1n) is 4.91. The molecule has 0 heterocycles. The summed E-state index contributed by atoms with van der Waals surface area (Å²) in [5.74, 6) is -0.0622. The molecule has 0 aliphatic carbocycles. The number of hydrogen-bond acceptors (Lipinski definition) is 2. The molecular formula is C8H17NaO3S. The summed E-state index contributed by atoms with van der Waals surface area (Å²) in [6, 6.07) is 0. The van der Waals surface area contributed by atoms with Gasteiger partial charge in [-0.3, -0.25) is 0 Å². The van der Waals surface area contributed by atoms with E-state index in [2.05, 4.69) is 6.92 Å². The van der Waals surface area contributed by atoms with Crippen molar-refractivity contribution in [3.63, 3.8) is 0 Å². The Balaban J connectivity index is 3.46. The van der Waals surface area contributed by atoms with Gasteiger partial charge < -0.3 is 0 Å². The van der Waals surface area contributed by atoms with Crippen LogP contribution in [0, 0.1) is 0 Å². The fraction of sp³-hybridized carbons (Fsp3) is 1.00. The van der Waals surface area contributed by atoms with Gasteiger partial charge in [0, 0.05) is 0 Å². The number of unbranched alkanes of at least 4 members (excludes halogenated alkanes) is 2. The van der Waals surface area contributed by atoms with Crippen LogP contribution >= 0.6 is 0 Å². The van der Waals surface area contributed by atoms with Crippen molar-refractivity contribution >= 4 is 38.0 Å². The fourth-order valence-electron chi connectivity index (χ4n) is 1.24. The molecular weight excluding hydrogens is 199 g/mol. The van der Waals surface area contributed by atoms with E-state index in [1.54, 1.807) is 0 Å². The minimum atomic E-state index is -3.73. The zero-order valence-electron chi connectivity index (χ0n) is 8.49. The third kappa shape index (κ3) is 10.8. The molecule has 0 fully saturated rings. The van der Waals surface area contributed by atoms with Gasteiger partial charge >= 0.3 is 99.0 Å². The van der Waals surface area contributed by atoms with Crippen molar-refractivity contribution in [3.05, 3.63) is 0 Å². The Morgan fingerprint density at radius 1 is 1.31 bits per heavy atom. The molecule has 1 N–H and O–H groups in total. The predicted molar refractivity (Wildman–Crippen MR) is 54.7 cm³/mol. The Morgan fingerprint density at radius 2 is 1.92 bits per heavy atom. The molecule has 0 saturated heterocycles. The Morgan fingerprint density at radius 3 is 2.38 bits per heavy atom. The molecule has 1 unspecified atom stereocenters. The van der Waals surface area contributed by atoms with Crippen LogP contribution in [0.3, 0.4) is 0 Å². The maximum atomic E-state index is 10.4. The van der Waals surface area contributed by atoms with Crippen LogP contribution in [0.15, 0.2) is 0 Å². The summed E-state index contributed by atoms with van der Waals surface area (Å²) in [6.45, 7) is 2.15. The molecule has 74 valence electrons. The van der Waals surface area contributed by atoms with Crippen molar-refractivity contribution in [1.29, 1.82) is 0 Å². The molecule has 0 saturated carbocycles. The van der Waals surface area contributed by atoms with Crippen LogP contribution in [0.25, 0.3) is 0 Å². The van der Waals surface area contributed by atoms with Gasteiger partial charge in [0.2, 0.25) is 0 Å². The molecule has 0 bridgehead atoms. The molecule has 0 aromatic carbocycles. The Kier molecular flexibility index (Phi) is 7.74. The van der Waals surface area contributed by atoms with Crippen molar-refractivity contribution in [2.24, 2.45) is 0 Å². The van der Waals surface area contributed by atoms with E-state index in [9.17, 15) is 8.42 Å². The van der Waals surface area contributed by atoms with Gasteiger partial charge in [-0.1, -0.05) is 0 Å². The molecule has 0 aliphatic rings. The fourth-order valence-corrected chi connectivity index (χ4v) is 3.05. The van der Waals surface area contributed by atoms with Crippen LogP contribution in [0.5, 0.6) is 0 Å². The van der Waals surface area contributed by atoms with Gasteiger partial charge in [-0.05, 0) is 0 Å². The van der Waals surface area contributed by atoms with E-state index in [0.717, 1.165) is 34.4 Å². The average molecular weight is 216 g/mol. The molecule has 3 nitrogen and oxygen atoms in total. The summed E-state index contributed by atoms with van der Waals surface area (Å²) in [5, 5.41) is 0. The molecule has 1 atom stereocenters. The first-order valence-corrected chi connectivity index (χ1v) is 7.67. The van der Waals surface area contributed by atoms with Crippen molar-refractivity contribution in [3.8, 4) is 0 Å². The van der Waals surface area contributed by atoms with Crippen LogP contribution in [0.1, 0.15) is 39.0 Å². The second kappa shape index (κ2) is 7.23. The molecule has 0 aromatic rings. The standard InChI is InChI=1S/C8H17O3S.Na/c1-2-3-4-5-6-7-8-12(9,10)11;/h6H,2-5,7-8H2,1H3,(H,9,10,11);. The van der Waals surface area contributed by atoms with Crippen LogP contribution in [-0.4, -0.2) is 46.7 Å². The van der Waals surface area contributed by atoms with Crippen molar-refractivity contribution in [2.45, 2.75) is 42.2 Å². The Labute approximate surface area is 98.5 Å². The van der Waals surface area contributed by atoms with E-state index in [1.165, 1.54) is 19.3 Å². The van der Waals surface area contributed by atoms with Crippen LogP contribution in [-0.2, 0) is 10.1 Å². The Hall–Kier alpha value is 0.910. The van der Waals surface area contributed by atoms with E-state index in [1.807, 2.05) is 0 Å². The van der Waals surface area contributed by atoms with Gasteiger partial charge in [0.05, 0.1) is 0 Å². The molecule has 0 aromatic heterocycles. The van der Waals surface area contributed by atoms with Gasteiger partial charge in [0.1, 0.15) is 0 Å². The summed E-state index contributed by atoms with van der Waals surface area (Å²) in [6.07, 6.45) is 5.37. The normalized spacial score (nSPS) is 14.5. The van der Waals surface area contributed by atoms with Crippen LogP contribution in [0.2, 0.25) is 3.17 Å². The molecule has 0 aliphatic heterocycles. The number of hydrogen-bond donors (Lipinski definition) is 1. The summed E-state index contributed by atoms with van der Waals surface area (Å²) >= 11 is 1.02. The van der Waals surface area contributed by atoms with Gasteiger partial charge in [0.15, 0.2) is 0 Å². The predicted octanol–water partition coefficient (Wildman–Crippen LogP) is 1.80. The second-order valence-corrected chi connectivity index (χ2v) is 6.88. The summed E-state index contributed by atoms with van der Waals surface area (Å²) in [7, 11) is -3.73. The maximum absolute atomic E-state index is 10.4. The van der Waals surface area contributed by atoms with Gasteiger partial charge in [-0.25, -0.2) is 0 Å². The third-order valence-corrected chi connectivity index (χ3v) is 4.08. The van der Waals surface area contributed by atoms with Gasteiger partial charge in [-0.15, -0.1) is 0 Å². The van der Waals surface area contributed by atoms with E-state index in [0.29, 0.717) is 9.59 Å². The van der Waals surface area contributed by atoms with Crippen molar-refractivity contribution in [1.82, 2.24) is 0 Å². The molecule has 0 rings (SSSR count). The zero-order valence-corrected chi connectivity index (χ0v) is 11.3. The van der Waals surface area contributed by atoms with Crippen molar-refractivity contribution in [2.75, 3.05) is 5.75 Å². The van der Waals surface area contributed by atoms with E-state index < -0.39 is 10.1 Å². The molecule has 5 heteroatoms. The van der Waals surface area contributed by atoms with E-state index in [-0.39, 0.29) is 5.75 Å². The number of rotatable bonds is 7. The van der Waals surface area contributed by atoms with Crippen LogP contribution in [0.4, 0.5) is 0 Å². The minimum absolute atomic E-state index is 0.0622. The quantitative estimate of drug-likeness (QED) is 0.401. The third-order valence-electron chi connectivity index (χ3n) is 2.17. The van der Waals surface area contributed by atoms with Gasteiger partial charge in [-0.2, -0.15) is 0 Å². The SMILES string of the molecule is CCCCC[CH]([Na])CCS(=O)(=O)O. The van der Waals surface area contributed by atoms with Gasteiger partial charge in [0.25, 0.3) is 0 Å². The zero-order chi connectivity index (χ0) is 10.3. The molecule has 0 radical (unpaired) electrons. The monoisotopic (exact) mass is 216 g/mol. The van der Waals surface area contributed by atoms with Crippen LogP contribution < -0.4 is 0 Å². The van der Waals surface area contributed by atoms with E-state index >= 15 is 0 Å². The summed E-state index contributed by atoms with van der Waals surface area (Å²) in [5.41, 5.74) is 0. The topological polar surface area (TPSA) is 54.4 Å². The summed E-state index contributed by atoms with van der Waals surface area (Å²) < 4.78 is 29.9. The first-order chi connectivity index (χ1) is 5.95. The first kappa shape index (κ1) is 13.9. The van der Waals surface area contributed by atoms with E-state index in [4.69, 9.17) is 4.55 Å². The molecule has 13 heavy (non-hydrogen) atoms. The molecule has 0 spiro atoms. The Bertz CT molecular complexity index is 213. The average Bonchev–Trinajstić information content (AvgIpc) is 2.00.